The number of hydrogen-bond acceptors (Lipinski definition) is 2. The number of Topliss-reactive ketones (excluding diaryl/α,β-unsaturated/α-hetero) is 1. The Kier molecular flexibility index (Phi) is 3.91. The highest BCUT2D eigenvalue weighted by molar-refractivity contribution is 6.03. The molecule has 2 rings (SSSR count). The van der Waals surface area contributed by atoms with Crippen molar-refractivity contribution in [1.82, 2.24) is 0 Å². The molecule has 0 N–H and O–H groups in total. The van der Waals surface area contributed by atoms with Crippen LogP contribution < -0.4 is 0 Å². The molecule has 0 aromatic heterocycles. The van der Waals surface area contributed by atoms with Gasteiger partial charge in [-0.25, -0.2) is 0 Å². The maximum atomic E-state index is 13.0. The first-order valence-corrected chi connectivity index (χ1v) is 6.91. The van der Waals surface area contributed by atoms with E-state index in [-0.39, 0.29) is 11.2 Å². The molecule has 1 atom stereocenters. The highest BCUT2D eigenvalue weighted by Crippen LogP contribution is 2.44. The zero-order valence-electron chi connectivity index (χ0n) is 11.8. The maximum Gasteiger partial charge on any atom is 0.195 e. The van der Waals surface area contributed by atoms with Crippen molar-refractivity contribution >= 4 is 5.78 Å². The van der Waals surface area contributed by atoms with Crippen molar-refractivity contribution in [2.45, 2.75) is 38.7 Å². The second-order valence-electron chi connectivity index (χ2n) is 5.75. The van der Waals surface area contributed by atoms with Gasteiger partial charge in [-0.05, 0) is 19.3 Å². The summed E-state index contributed by atoms with van der Waals surface area (Å²) in [7, 11) is 0. The zero-order chi connectivity index (χ0) is 13.9. The van der Waals surface area contributed by atoms with Gasteiger partial charge in [-0.3, -0.25) is 4.79 Å². The molecule has 0 bridgehead atoms. The van der Waals surface area contributed by atoms with Crippen molar-refractivity contribution in [2.24, 2.45) is 5.41 Å². The van der Waals surface area contributed by atoms with E-state index in [2.05, 4.69) is 6.58 Å². The van der Waals surface area contributed by atoms with Crippen LogP contribution in [0.15, 0.2) is 43.0 Å². The third-order valence-corrected chi connectivity index (χ3v) is 4.23. The molecule has 1 saturated heterocycles. The van der Waals surface area contributed by atoms with Crippen molar-refractivity contribution in [3.05, 3.63) is 48.6 Å². The van der Waals surface area contributed by atoms with Crippen molar-refractivity contribution in [3.63, 3.8) is 0 Å². The van der Waals surface area contributed by atoms with Crippen LogP contribution in [0.4, 0.5) is 0 Å². The lowest BCUT2D eigenvalue weighted by atomic mass is 9.67. The van der Waals surface area contributed by atoms with Crippen molar-refractivity contribution in [3.8, 4) is 0 Å². The molecule has 102 valence electrons. The van der Waals surface area contributed by atoms with Gasteiger partial charge < -0.3 is 4.74 Å². The molecule has 2 nitrogen and oxygen atoms in total. The Morgan fingerprint density at radius 2 is 2.00 bits per heavy atom. The summed E-state index contributed by atoms with van der Waals surface area (Å²) < 4.78 is 6.02. The summed E-state index contributed by atoms with van der Waals surface area (Å²) >= 11 is 0. The highest BCUT2D eigenvalue weighted by Gasteiger charge is 2.51. The van der Waals surface area contributed by atoms with E-state index in [0.717, 1.165) is 24.8 Å². The summed E-state index contributed by atoms with van der Waals surface area (Å²) in [5, 5.41) is 0. The van der Waals surface area contributed by atoms with Crippen LogP contribution in [0.5, 0.6) is 0 Å². The molecule has 0 aliphatic carbocycles. The van der Waals surface area contributed by atoms with E-state index in [9.17, 15) is 4.79 Å². The van der Waals surface area contributed by atoms with E-state index in [1.807, 2.05) is 50.3 Å². The first kappa shape index (κ1) is 14.0. The molecule has 2 heteroatoms. The van der Waals surface area contributed by atoms with Crippen LogP contribution >= 0.6 is 0 Å². The van der Waals surface area contributed by atoms with Gasteiger partial charge in [-0.1, -0.05) is 50.3 Å². The number of ether oxygens (including phenoxy) is 1. The number of benzene rings is 1. The normalized spacial score (nSPS) is 23.9. The van der Waals surface area contributed by atoms with Gasteiger partial charge in [0.15, 0.2) is 5.78 Å². The Labute approximate surface area is 115 Å². The quantitative estimate of drug-likeness (QED) is 0.602. The first-order valence-electron chi connectivity index (χ1n) is 6.91. The van der Waals surface area contributed by atoms with E-state index >= 15 is 0 Å². The molecule has 0 amide bonds. The summed E-state index contributed by atoms with van der Waals surface area (Å²) in [4.78, 5) is 13.0. The molecule has 1 unspecified atom stereocenters. The third kappa shape index (κ3) is 2.37. The zero-order valence-corrected chi connectivity index (χ0v) is 11.8. The van der Waals surface area contributed by atoms with Gasteiger partial charge in [0.1, 0.15) is 5.60 Å². The number of carbonyl (C=O) groups is 1. The molecular weight excluding hydrogens is 236 g/mol. The fourth-order valence-electron chi connectivity index (χ4n) is 2.76. The first-order chi connectivity index (χ1) is 9.03. The minimum atomic E-state index is -0.769. The number of hydrogen-bond donors (Lipinski definition) is 0. The van der Waals surface area contributed by atoms with Crippen molar-refractivity contribution < 1.29 is 9.53 Å². The summed E-state index contributed by atoms with van der Waals surface area (Å²) in [6, 6.07) is 9.43. The Morgan fingerprint density at radius 3 is 2.53 bits per heavy atom. The van der Waals surface area contributed by atoms with Crippen molar-refractivity contribution in [2.75, 3.05) is 6.61 Å². The molecule has 0 spiro atoms. The van der Waals surface area contributed by atoms with Crippen LogP contribution in [0.2, 0.25) is 0 Å². The maximum absolute atomic E-state index is 13.0. The fraction of sp³-hybridized carbons (Fsp3) is 0.471. The van der Waals surface area contributed by atoms with Gasteiger partial charge in [-0.15, -0.1) is 6.58 Å². The smallest absolute Gasteiger partial charge is 0.195 e. The third-order valence-electron chi connectivity index (χ3n) is 4.23. The summed E-state index contributed by atoms with van der Waals surface area (Å²) in [5.74, 6) is 0.0812. The Balaban J connectivity index is 2.44. The molecule has 1 heterocycles. The summed E-state index contributed by atoms with van der Waals surface area (Å²) in [6.07, 6.45) is 4.66. The van der Waals surface area contributed by atoms with Crippen LogP contribution in [0.3, 0.4) is 0 Å². The van der Waals surface area contributed by atoms with Crippen molar-refractivity contribution in [1.29, 1.82) is 0 Å². The Bertz CT molecular complexity index is 453. The standard InChI is InChI=1S/C17H22O2/c1-4-16(2,3)17(12-8-9-13-19-17)15(18)14-10-6-5-7-11-14/h4-7,10-11H,1,8-9,12-13H2,2-3H3. The van der Waals surface area contributed by atoms with E-state index < -0.39 is 5.60 Å². The fourth-order valence-corrected chi connectivity index (χ4v) is 2.76. The van der Waals surface area contributed by atoms with Gasteiger partial charge in [0, 0.05) is 17.6 Å². The molecule has 1 aromatic rings. The minimum Gasteiger partial charge on any atom is -0.366 e. The average molecular weight is 258 g/mol. The van der Waals surface area contributed by atoms with Gasteiger partial charge in [0.25, 0.3) is 0 Å². The lowest BCUT2D eigenvalue weighted by molar-refractivity contribution is -0.102. The molecule has 1 fully saturated rings. The molecule has 0 radical (unpaired) electrons. The van der Waals surface area contributed by atoms with Gasteiger partial charge in [0.05, 0.1) is 0 Å². The highest BCUT2D eigenvalue weighted by atomic mass is 16.5. The van der Waals surface area contributed by atoms with Crippen LogP contribution in [0.1, 0.15) is 43.5 Å². The average Bonchev–Trinajstić information content (AvgIpc) is 2.48. The van der Waals surface area contributed by atoms with Gasteiger partial charge in [-0.2, -0.15) is 0 Å². The second-order valence-corrected chi connectivity index (χ2v) is 5.75. The molecule has 19 heavy (non-hydrogen) atoms. The molecule has 1 aliphatic rings. The number of rotatable bonds is 4. The second kappa shape index (κ2) is 5.30. The topological polar surface area (TPSA) is 26.3 Å². The molecule has 0 saturated carbocycles. The predicted octanol–water partition coefficient (Wildman–Crippen LogP) is 4.02. The van der Waals surface area contributed by atoms with Gasteiger partial charge in [0.2, 0.25) is 0 Å². The molecular formula is C17H22O2. The van der Waals surface area contributed by atoms with E-state index in [1.54, 1.807) is 0 Å². The van der Waals surface area contributed by atoms with Gasteiger partial charge >= 0.3 is 0 Å². The Morgan fingerprint density at radius 1 is 1.32 bits per heavy atom. The predicted molar refractivity (Wildman–Crippen MR) is 77.3 cm³/mol. The van der Waals surface area contributed by atoms with Crippen LogP contribution in [-0.2, 0) is 4.74 Å². The van der Waals surface area contributed by atoms with E-state index in [1.165, 1.54) is 0 Å². The SMILES string of the molecule is C=CC(C)(C)C1(C(=O)c2ccccc2)CCCCO1. The minimum absolute atomic E-state index is 0.0812. The Hall–Kier alpha value is -1.41. The monoisotopic (exact) mass is 258 g/mol. The number of ketones is 1. The molecule has 1 aromatic carbocycles. The van der Waals surface area contributed by atoms with E-state index in [4.69, 9.17) is 4.74 Å². The largest absolute Gasteiger partial charge is 0.366 e. The number of carbonyl (C=O) groups excluding carboxylic acids is 1. The van der Waals surface area contributed by atoms with Crippen LogP contribution in [0.25, 0.3) is 0 Å². The van der Waals surface area contributed by atoms with E-state index in [0.29, 0.717) is 6.61 Å². The summed E-state index contributed by atoms with van der Waals surface area (Å²) in [5.41, 5.74) is -0.423. The summed E-state index contributed by atoms with van der Waals surface area (Å²) in [6.45, 7) is 8.61. The van der Waals surface area contributed by atoms with Crippen LogP contribution in [0, 0.1) is 5.41 Å². The lowest BCUT2D eigenvalue weighted by Gasteiger charge is -2.46. The molecule has 1 aliphatic heterocycles. The lowest BCUT2D eigenvalue weighted by Crippen LogP contribution is -2.54. The van der Waals surface area contributed by atoms with Crippen LogP contribution in [-0.4, -0.2) is 18.0 Å².